The lowest BCUT2D eigenvalue weighted by molar-refractivity contribution is -0.139. The third-order valence-corrected chi connectivity index (χ3v) is 3.82. The number of rotatable bonds is 6. The number of carbonyl (C=O) groups excluding carboxylic acids is 1. The fourth-order valence-electron chi connectivity index (χ4n) is 2.28. The number of hydrogen-bond donors (Lipinski definition) is 4. The highest BCUT2D eigenvalue weighted by Crippen LogP contribution is 2.39. The third kappa shape index (κ3) is 3.72. The molecule has 1 heterocycles. The molecular formula is C13H20N4O3. The van der Waals surface area contributed by atoms with Crippen molar-refractivity contribution in [1.82, 2.24) is 20.6 Å². The molecule has 110 valence electrons. The number of nitrogens with zero attached hydrogens (tertiary/aromatic N) is 1. The van der Waals surface area contributed by atoms with Gasteiger partial charge in [-0.1, -0.05) is 13.3 Å². The molecule has 20 heavy (non-hydrogen) atoms. The van der Waals surface area contributed by atoms with Crippen molar-refractivity contribution in [3.8, 4) is 0 Å². The maximum absolute atomic E-state index is 11.8. The van der Waals surface area contributed by atoms with E-state index < -0.39 is 18.0 Å². The van der Waals surface area contributed by atoms with Gasteiger partial charge in [-0.15, -0.1) is 0 Å². The van der Waals surface area contributed by atoms with Gasteiger partial charge in [-0.2, -0.15) is 0 Å². The Morgan fingerprint density at radius 1 is 1.55 bits per heavy atom. The smallest absolute Gasteiger partial charge is 0.326 e. The van der Waals surface area contributed by atoms with Gasteiger partial charge in [0.15, 0.2) is 0 Å². The summed E-state index contributed by atoms with van der Waals surface area (Å²) >= 11 is 0. The van der Waals surface area contributed by atoms with Crippen molar-refractivity contribution >= 4 is 12.0 Å². The molecule has 1 aromatic rings. The van der Waals surface area contributed by atoms with E-state index in [1.54, 1.807) is 6.20 Å². The first-order valence-electron chi connectivity index (χ1n) is 6.73. The first-order chi connectivity index (χ1) is 9.48. The Hall–Kier alpha value is -2.05. The van der Waals surface area contributed by atoms with Gasteiger partial charge in [0.05, 0.1) is 6.33 Å². The summed E-state index contributed by atoms with van der Waals surface area (Å²) in [5.41, 5.74) is 0.836. The van der Waals surface area contributed by atoms with Gasteiger partial charge in [-0.25, -0.2) is 14.6 Å². The Labute approximate surface area is 117 Å². The van der Waals surface area contributed by atoms with E-state index in [0.717, 1.165) is 12.8 Å². The predicted molar refractivity (Wildman–Crippen MR) is 72.2 cm³/mol. The average Bonchev–Trinajstić information content (AvgIpc) is 2.86. The molecule has 1 aromatic heterocycles. The molecule has 0 bridgehead atoms. The molecule has 0 aliphatic heterocycles. The summed E-state index contributed by atoms with van der Waals surface area (Å²) in [4.78, 5) is 29.6. The second-order valence-electron chi connectivity index (χ2n) is 5.66. The largest absolute Gasteiger partial charge is 0.480 e. The fourth-order valence-corrected chi connectivity index (χ4v) is 2.28. The number of carboxylic acids is 1. The molecule has 1 aliphatic rings. The number of hydrogen-bond acceptors (Lipinski definition) is 3. The molecule has 7 heteroatoms. The number of nitrogens with one attached hydrogen (secondary N) is 3. The molecule has 0 saturated heterocycles. The van der Waals surface area contributed by atoms with Gasteiger partial charge in [0.25, 0.3) is 0 Å². The van der Waals surface area contributed by atoms with Crippen LogP contribution in [0.3, 0.4) is 0 Å². The Morgan fingerprint density at radius 2 is 2.30 bits per heavy atom. The van der Waals surface area contributed by atoms with Crippen LogP contribution in [0, 0.1) is 5.41 Å². The number of imidazole rings is 1. The minimum absolute atomic E-state index is 0.166. The van der Waals surface area contributed by atoms with E-state index in [2.05, 4.69) is 27.5 Å². The van der Waals surface area contributed by atoms with Crippen LogP contribution in [-0.4, -0.2) is 39.7 Å². The number of aromatic amines is 1. The number of urea groups is 1. The molecule has 2 amide bonds. The Kier molecular flexibility index (Phi) is 4.26. The van der Waals surface area contributed by atoms with Crippen LogP contribution in [0.15, 0.2) is 12.5 Å². The number of carboxylic acid groups (broad SMARTS) is 1. The maximum atomic E-state index is 11.8. The monoisotopic (exact) mass is 280 g/mol. The van der Waals surface area contributed by atoms with Crippen LogP contribution >= 0.6 is 0 Å². The van der Waals surface area contributed by atoms with Gasteiger partial charge in [-0.05, 0) is 18.3 Å². The van der Waals surface area contributed by atoms with Crippen molar-refractivity contribution in [2.75, 3.05) is 6.54 Å². The van der Waals surface area contributed by atoms with Crippen molar-refractivity contribution in [3.05, 3.63) is 18.2 Å². The lowest BCUT2D eigenvalue weighted by Gasteiger charge is -2.38. The molecule has 1 saturated carbocycles. The lowest BCUT2D eigenvalue weighted by Crippen LogP contribution is -2.50. The van der Waals surface area contributed by atoms with Crippen LogP contribution in [-0.2, 0) is 11.2 Å². The van der Waals surface area contributed by atoms with Crippen molar-refractivity contribution < 1.29 is 14.7 Å². The van der Waals surface area contributed by atoms with E-state index in [1.165, 1.54) is 12.7 Å². The summed E-state index contributed by atoms with van der Waals surface area (Å²) in [5, 5.41) is 14.4. The van der Waals surface area contributed by atoms with Crippen LogP contribution in [0.1, 0.15) is 31.9 Å². The Morgan fingerprint density at radius 3 is 2.80 bits per heavy atom. The molecule has 0 unspecified atom stereocenters. The van der Waals surface area contributed by atoms with E-state index in [4.69, 9.17) is 5.11 Å². The zero-order valence-corrected chi connectivity index (χ0v) is 11.5. The molecule has 4 N–H and O–H groups in total. The van der Waals surface area contributed by atoms with Gasteiger partial charge in [0.2, 0.25) is 0 Å². The zero-order chi connectivity index (χ0) is 14.6. The SMILES string of the molecule is CC1(CNC(=O)N[C@H](Cc2cnc[nH]2)C(=O)O)CCC1. The quantitative estimate of drug-likeness (QED) is 0.621. The van der Waals surface area contributed by atoms with E-state index in [1.807, 2.05) is 0 Å². The summed E-state index contributed by atoms with van der Waals surface area (Å²) in [6.07, 6.45) is 6.60. The predicted octanol–water partition coefficient (Wildman–Crippen LogP) is 0.895. The highest BCUT2D eigenvalue weighted by Gasteiger charge is 2.32. The number of aliphatic carboxylic acids is 1. The van der Waals surface area contributed by atoms with E-state index in [9.17, 15) is 9.59 Å². The van der Waals surface area contributed by atoms with Crippen LogP contribution < -0.4 is 10.6 Å². The van der Waals surface area contributed by atoms with E-state index >= 15 is 0 Å². The standard InChI is InChI=1S/C13H20N4O3/c1-13(3-2-4-13)7-15-12(20)17-10(11(18)19)5-9-6-14-8-16-9/h6,8,10H,2-5,7H2,1H3,(H,14,16)(H,18,19)(H2,15,17,20)/t10-/m1/s1. The van der Waals surface area contributed by atoms with Crippen LogP contribution in [0.4, 0.5) is 4.79 Å². The number of aromatic nitrogens is 2. The second kappa shape index (κ2) is 5.94. The first kappa shape index (κ1) is 14.4. The van der Waals surface area contributed by atoms with Crippen molar-refractivity contribution in [2.24, 2.45) is 5.41 Å². The highest BCUT2D eigenvalue weighted by molar-refractivity contribution is 5.82. The number of H-pyrrole nitrogens is 1. The molecule has 1 fully saturated rings. The Balaban J connectivity index is 1.81. The normalized spacial score (nSPS) is 17.9. The van der Waals surface area contributed by atoms with Gasteiger partial charge in [0, 0.05) is 24.9 Å². The number of amides is 2. The molecule has 7 nitrogen and oxygen atoms in total. The highest BCUT2D eigenvalue weighted by atomic mass is 16.4. The number of carbonyl (C=O) groups is 2. The summed E-state index contributed by atoms with van der Waals surface area (Å²) in [5.74, 6) is -1.07. The zero-order valence-electron chi connectivity index (χ0n) is 11.5. The second-order valence-corrected chi connectivity index (χ2v) is 5.66. The Bertz CT molecular complexity index is 468. The molecule has 1 aliphatic carbocycles. The molecule has 0 spiro atoms. The third-order valence-electron chi connectivity index (χ3n) is 3.82. The summed E-state index contributed by atoms with van der Waals surface area (Å²) < 4.78 is 0. The van der Waals surface area contributed by atoms with E-state index in [0.29, 0.717) is 12.2 Å². The van der Waals surface area contributed by atoms with Gasteiger partial charge in [-0.3, -0.25) is 0 Å². The van der Waals surface area contributed by atoms with Gasteiger partial charge in [0.1, 0.15) is 6.04 Å². The topological polar surface area (TPSA) is 107 Å². The molecule has 1 atom stereocenters. The minimum atomic E-state index is -1.07. The van der Waals surface area contributed by atoms with Crippen LogP contribution in [0.25, 0.3) is 0 Å². The van der Waals surface area contributed by atoms with Gasteiger partial charge >= 0.3 is 12.0 Å². The summed E-state index contributed by atoms with van der Waals surface area (Å²) in [6, 6.07) is -1.41. The van der Waals surface area contributed by atoms with Crippen LogP contribution in [0.2, 0.25) is 0 Å². The summed E-state index contributed by atoms with van der Waals surface area (Å²) in [7, 11) is 0. The summed E-state index contributed by atoms with van der Waals surface area (Å²) in [6.45, 7) is 2.70. The van der Waals surface area contributed by atoms with Crippen molar-refractivity contribution in [3.63, 3.8) is 0 Å². The maximum Gasteiger partial charge on any atom is 0.326 e. The lowest BCUT2D eigenvalue weighted by atomic mass is 9.70. The minimum Gasteiger partial charge on any atom is -0.480 e. The first-order valence-corrected chi connectivity index (χ1v) is 6.73. The fraction of sp³-hybridized carbons (Fsp3) is 0.615. The molecular weight excluding hydrogens is 260 g/mol. The van der Waals surface area contributed by atoms with Crippen molar-refractivity contribution in [1.29, 1.82) is 0 Å². The van der Waals surface area contributed by atoms with Crippen LogP contribution in [0.5, 0.6) is 0 Å². The molecule has 0 radical (unpaired) electrons. The molecule has 0 aromatic carbocycles. The average molecular weight is 280 g/mol. The van der Waals surface area contributed by atoms with Crippen molar-refractivity contribution in [2.45, 2.75) is 38.6 Å². The van der Waals surface area contributed by atoms with Gasteiger partial charge < -0.3 is 20.7 Å². The van der Waals surface area contributed by atoms with E-state index in [-0.39, 0.29) is 11.8 Å². The molecule has 2 rings (SSSR count).